The largest absolute Gasteiger partial charge is 0.444 e. The van der Waals surface area contributed by atoms with Gasteiger partial charge in [0.25, 0.3) is 30.1 Å². The number of likely N-dealkylation sites (N-methyl/N-ethyl adjacent to an activating group) is 3. The molecule has 124 heavy (non-hydrogen) atoms. The van der Waals surface area contributed by atoms with Gasteiger partial charge in [0.15, 0.2) is 16.9 Å². The van der Waals surface area contributed by atoms with Crippen LogP contribution in [0.1, 0.15) is 63.1 Å². The molecule has 4 saturated heterocycles. The van der Waals surface area contributed by atoms with Gasteiger partial charge >= 0.3 is 6.09 Å². The number of amides is 3. The summed E-state index contributed by atoms with van der Waals surface area (Å²) in [5, 5.41) is 17.8. The summed E-state index contributed by atoms with van der Waals surface area (Å²) in [5.41, 5.74) is 5.63. The first kappa shape index (κ1) is 88.9. The van der Waals surface area contributed by atoms with Gasteiger partial charge in [-0.05, 0) is 171 Å². The van der Waals surface area contributed by atoms with Gasteiger partial charge < -0.3 is 60.4 Å². The van der Waals surface area contributed by atoms with Gasteiger partial charge in [0.2, 0.25) is 11.8 Å². The highest BCUT2D eigenvalue weighted by Crippen LogP contribution is 2.35. The number of aromatic amines is 1. The molecule has 650 valence electrons. The van der Waals surface area contributed by atoms with Crippen LogP contribution < -0.4 is 36.0 Å². The van der Waals surface area contributed by atoms with Crippen LogP contribution in [0.5, 0.6) is 0 Å². The number of H-pyrrole nitrogens is 1. The molecule has 17 rings (SSSR count). The summed E-state index contributed by atoms with van der Waals surface area (Å²) < 4.78 is 88.0. The average Bonchev–Trinajstić information content (AvgIpc) is 1.48. The molecular weight excluding hydrogens is 1730 g/mol. The minimum atomic E-state index is -3.82. The van der Waals surface area contributed by atoms with Crippen LogP contribution in [0.25, 0.3) is 44.1 Å². The highest BCUT2D eigenvalue weighted by Gasteiger charge is 2.36. The maximum atomic E-state index is 13.3. The Labute approximate surface area is 738 Å². The molecular formula is C85H94Cl4N22O10S3. The number of nitrogens with one attached hydrogen (secondary N) is 5. The molecule has 0 saturated carbocycles. The van der Waals surface area contributed by atoms with Crippen LogP contribution in [0, 0.1) is 20.8 Å². The van der Waals surface area contributed by atoms with Gasteiger partial charge in [-0.15, -0.1) is 0 Å². The standard InChI is InChI=1S/C26H26Cl2N6O3S.C22H27N5O4S.C19H20Cl2N6O.C18H21N5O2S/c1-17-3-5-22(6-4-17)38(36,37)34-10-8-23-25(30-16-31-26(23)34)32(2)21-7-9-33(15-21)24(35)14-29-20-12-18(27)11-19(28)13-20;1-15-5-7-17(8-6-15)32(29,30)27-12-10-18-19(23-14-24-20(18)27)25-16-9-11-26(13-16)21(28)31-22(2,3)4;1-26(19-16-2-4-22-18(16)24-11-25-19)15-3-5-27(10-15)17(28)9-23-14-7-12(20)6-13(21)8-14;1-13-3-5-15(6-4-13)26(24,25)23-10-8-16-17(20-12-21-18(16)23)22(2)14-7-9-19-11-14/h3-6,8,10-13,16,21,29H,7,9,14-15H2,1-2H3;5-8,10,12,14,16H,9,11,13H2,1-4H3,(H,23,24,25);2,4,6-8,11,15,23H,3,5,9-10H2,1H3,(H,22,24,25);3-6,8,10,12,14,19H,7,9,11H2,1-2H3/t21-;16-;15-;14-/m0000/s1. The van der Waals surface area contributed by atoms with Gasteiger partial charge in [-0.25, -0.2) is 81.8 Å². The quantitative estimate of drug-likeness (QED) is 0.0473. The molecule has 39 heteroatoms. The molecule has 13 aromatic rings. The fourth-order valence-electron chi connectivity index (χ4n) is 15.1. The molecule has 0 radical (unpaired) electrons. The zero-order valence-corrected chi connectivity index (χ0v) is 74.9. The Hall–Kier alpha value is -11.4. The molecule has 5 N–H and O–H groups in total. The third-order valence-corrected chi connectivity index (χ3v) is 27.8. The predicted molar refractivity (Wildman–Crippen MR) is 484 cm³/mol. The molecule has 8 aromatic heterocycles. The molecule has 12 heterocycles. The Balaban J connectivity index is 0.000000136. The van der Waals surface area contributed by atoms with E-state index in [2.05, 4.69) is 75.9 Å². The Morgan fingerprint density at radius 1 is 0.468 bits per heavy atom. The van der Waals surface area contributed by atoms with Crippen molar-refractivity contribution >= 4 is 173 Å². The number of benzene rings is 5. The highest BCUT2D eigenvalue weighted by molar-refractivity contribution is 7.90. The number of likely N-dealkylation sites (tertiary alicyclic amines) is 3. The molecule has 0 unspecified atom stereocenters. The van der Waals surface area contributed by atoms with Gasteiger partial charge in [-0.1, -0.05) is 99.5 Å². The number of hydrogen-bond acceptors (Lipinski definition) is 25. The van der Waals surface area contributed by atoms with Gasteiger partial charge in [-0.3, -0.25) is 9.59 Å². The third-order valence-electron chi connectivity index (χ3n) is 21.9. The first-order chi connectivity index (χ1) is 59.2. The zero-order valence-electron chi connectivity index (χ0n) is 69.5. The van der Waals surface area contributed by atoms with E-state index in [4.69, 9.17) is 51.1 Å². The molecule has 4 atom stereocenters. The predicted octanol–water partition coefficient (Wildman–Crippen LogP) is 13.0. The minimum Gasteiger partial charge on any atom is -0.444 e. The van der Waals surface area contributed by atoms with Crippen molar-refractivity contribution in [3.8, 4) is 0 Å². The second-order valence-electron chi connectivity index (χ2n) is 31.7. The van der Waals surface area contributed by atoms with Crippen molar-refractivity contribution in [2.75, 3.05) is 117 Å². The van der Waals surface area contributed by atoms with Crippen molar-refractivity contribution in [2.24, 2.45) is 0 Å². The number of rotatable bonds is 20. The van der Waals surface area contributed by atoms with Crippen LogP contribution in [0.2, 0.25) is 20.1 Å². The molecule has 32 nitrogen and oxygen atoms in total. The maximum Gasteiger partial charge on any atom is 0.410 e. The van der Waals surface area contributed by atoms with Gasteiger partial charge in [0.05, 0.1) is 49.3 Å². The van der Waals surface area contributed by atoms with Crippen LogP contribution >= 0.6 is 46.4 Å². The molecule has 4 fully saturated rings. The normalized spacial score (nSPS) is 16.6. The fraction of sp³-hybridized carbons (Fsp3) is 0.329. The zero-order chi connectivity index (χ0) is 88.1. The first-order valence-corrected chi connectivity index (χ1v) is 45.8. The summed E-state index contributed by atoms with van der Waals surface area (Å²) >= 11 is 24.1. The Bertz CT molecular complexity index is 6390. The van der Waals surface area contributed by atoms with Crippen molar-refractivity contribution in [3.05, 3.63) is 220 Å². The van der Waals surface area contributed by atoms with E-state index in [1.165, 1.54) is 43.3 Å². The molecule has 0 aliphatic carbocycles. The maximum absolute atomic E-state index is 13.3. The lowest BCUT2D eigenvalue weighted by Gasteiger charge is -2.26. The van der Waals surface area contributed by atoms with Crippen LogP contribution in [-0.4, -0.2) is 231 Å². The van der Waals surface area contributed by atoms with Gasteiger partial charge in [0, 0.05) is 147 Å². The number of anilines is 6. The van der Waals surface area contributed by atoms with Crippen molar-refractivity contribution in [1.29, 1.82) is 0 Å². The molecule has 4 aliphatic rings. The minimum absolute atomic E-state index is 0.00900. The van der Waals surface area contributed by atoms with Crippen molar-refractivity contribution < 1.29 is 44.4 Å². The SMILES string of the molecule is CN(c1ncnc2[nH]ccc12)[C@H]1CCN(C(=O)CNc2cc(Cl)cc(Cl)c2)C1.Cc1ccc(S(=O)(=O)n2ccc3c(N(C)[C@H]4CCN(C(=O)CNc5cc(Cl)cc(Cl)c5)C4)ncnc32)cc1.Cc1ccc(S(=O)(=O)n2ccc3c(N(C)[C@H]4CCNC4)ncnc32)cc1.Cc1ccc(S(=O)(=O)n2ccc3c(N[C@H]4CCN(C(=O)OC(C)(C)C)C4)ncnc32)cc1. The van der Waals surface area contributed by atoms with E-state index in [0.29, 0.717) is 110 Å². The van der Waals surface area contributed by atoms with Crippen molar-refractivity contribution in [3.63, 3.8) is 0 Å². The van der Waals surface area contributed by atoms with E-state index in [1.54, 1.807) is 150 Å². The number of carbonyl (C=O) groups excluding carboxylic acids is 3. The summed E-state index contributed by atoms with van der Waals surface area (Å²) in [6.45, 7) is 17.0. The van der Waals surface area contributed by atoms with E-state index < -0.39 is 35.7 Å². The number of hydrogen-bond donors (Lipinski definition) is 5. The lowest BCUT2D eigenvalue weighted by molar-refractivity contribution is -0.129. The first-order valence-electron chi connectivity index (χ1n) is 40.0. The molecule has 4 aliphatic heterocycles. The number of aryl methyl sites for hydroxylation is 3. The van der Waals surface area contributed by atoms with Crippen LogP contribution in [0.15, 0.2) is 198 Å². The second kappa shape index (κ2) is 37.6. The number of fused-ring (bicyclic) bond motifs is 4. The highest BCUT2D eigenvalue weighted by atomic mass is 35.5. The molecule has 5 aromatic carbocycles. The van der Waals surface area contributed by atoms with E-state index in [9.17, 15) is 39.6 Å². The summed E-state index contributed by atoms with van der Waals surface area (Å²) in [6.07, 6.45) is 15.2. The monoisotopic (exact) mass is 1820 g/mol. The van der Waals surface area contributed by atoms with Crippen LogP contribution in [0.4, 0.5) is 39.4 Å². The van der Waals surface area contributed by atoms with E-state index in [0.717, 1.165) is 89.2 Å². The summed E-state index contributed by atoms with van der Waals surface area (Å²) in [4.78, 5) is 87.7. The van der Waals surface area contributed by atoms with Gasteiger partial charge in [0.1, 0.15) is 59.8 Å². The topological polar surface area (TPSA) is 364 Å². The third kappa shape index (κ3) is 20.2. The van der Waals surface area contributed by atoms with Crippen LogP contribution in [-0.2, 0) is 44.4 Å². The number of nitrogens with zero attached hydrogens (tertiary/aromatic N) is 17. The van der Waals surface area contributed by atoms with Crippen molar-refractivity contribution in [2.45, 2.75) is 112 Å². The van der Waals surface area contributed by atoms with E-state index >= 15 is 0 Å². The lowest BCUT2D eigenvalue weighted by Crippen LogP contribution is -2.39. The molecule has 0 spiro atoms. The second-order valence-corrected chi connectivity index (χ2v) is 38.9. The number of aromatic nitrogens is 12. The summed E-state index contributed by atoms with van der Waals surface area (Å²) in [6, 6.07) is 38.1. The van der Waals surface area contributed by atoms with Gasteiger partial charge in [-0.2, -0.15) is 0 Å². The summed E-state index contributed by atoms with van der Waals surface area (Å²) in [5.74, 6) is 2.77. The molecule has 3 amide bonds. The van der Waals surface area contributed by atoms with Crippen LogP contribution in [0.3, 0.4) is 0 Å². The fourth-order valence-corrected chi connectivity index (χ4v) is 20.1. The summed E-state index contributed by atoms with van der Waals surface area (Å²) in [7, 11) is -5.41. The Morgan fingerprint density at radius 3 is 1.29 bits per heavy atom. The number of ether oxygens (including phenoxy) is 1. The number of halogens is 4. The Kier molecular flexibility index (Phi) is 26.9. The Morgan fingerprint density at radius 2 is 0.863 bits per heavy atom. The molecule has 0 bridgehead atoms. The van der Waals surface area contributed by atoms with E-state index in [-0.39, 0.29) is 63.8 Å². The smallest absolute Gasteiger partial charge is 0.410 e. The lowest BCUT2D eigenvalue weighted by atomic mass is 10.2. The van der Waals surface area contributed by atoms with Crippen molar-refractivity contribution in [1.82, 2.24) is 76.8 Å². The number of carbonyl (C=O) groups is 3. The average molecular weight is 1820 g/mol. The van der Waals surface area contributed by atoms with E-state index in [1.807, 2.05) is 84.7 Å².